The summed E-state index contributed by atoms with van der Waals surface area (Å²) in [5.74, 6) is 1.93. The highest BCUT2D eigenvalue weighted by Gasteiger charge is 2.78. The highest BCUT2D eigenvalue weighted by atomic mass is 16.7. The molecule has 7 fully saturated rings. The summed E-state index contributed by atoms with van der Waals surface area (Å²) in [7, 11) is 3.40. The van der Waals surface area contributed by atoms with Gasteiger partial charge in [-0.3, -0.25) is 4.79 Å². The second-order valence-corrected chi connectivity index (χ2v) is 12.1. The second kappa shape index (κ2) is 6.23. The van der Waals surface area contributed by atoms with Gasteiger partial charge in [-0.15, -0.1) is 0 Å². The summed E-state index contributed by atoms with van der Waals surface area (Å²) in [6.45, 7) is 8.93. The van der Waals surface area contributed by atoms with Crippen molar-refractivity contribution in [2.45, 2.75) is 64.6 Å². The van der Waals surface area contributed by atoms with E-state index in [4.69, 9.17) is 14.2 Å². The third-order valence-electron chi connectivity index (χ3n) is 11.3. The fourth-order valence-electron chi connectivity index (χ4n) is 10.2. The fraction of sp³-hybridized carbons (Fsp3) is 0.960. The Kier molecular flexibility index (Phi) is 4.15. The first-order valence-electron chi connectivity index (χ1n) is 12.3. The van der Waals surface area contributed by atoms with Gasteiger partial charge in [0.25, 0.3) is 0 Å². The maximum absolute atomic E-state index is 12.9. The largest absolute Gasteiger partial charge is 0.469 e. The number of nitrogens with zero attached hydrogens (tertiary/aromatic N) is 1. The minimum Gasteiger partial charge on any atom is -0.469 e. The predicted molar refractivity (Wildman–Crippen MR) is 113 cm³/mol. The maximum atomic E-state index is 12.9. The van der Waals surface area contributed by atoms with Crippen LogP contribution in [0.15, 0.2) is 0 Å². The van der Waals surface area contributed by atoms with Crippen molar-refractivity contribution in [1.29, 1.82) is 0 Å². The molecule has 5 heteroatoms. The standard InChI is InChI=1S/C25H39NO4/c1-16(2)25(29-4)10-9-23(15-30-25)17-5-7-22-8-6-18-19(21(27)28-3)11-24(23,20(18)22)14-26(12-17)13-22/h16-20H,5-15H2,1-4H3/t17?,18?,19-,20?,22?,23+,24+,25-/m1/s1. The zero-order valence-electron chi connectivity index (χ0n) is 19.2. The molecule has 7 rings (SSSR count). The smallest absolute Gasteiger partial charge is 0.308 e. The van der Waals surface area contributed by atoms with E-state index in [1.54, 1.807) is 7.11 Å². The minimum atomic E-state index is -0.446. The average Bonchev–Trinajstić information content (AvgIpc) is 3.23. The molecule has 168 valence electrons. The van der Waals surface area contributed by atoms with Gasteiger partial charge in [0.15, 0.2) is 5.79 Å². The summed E-state index contributed by atoms with van der Waals surface area (Å²) in [5.41, 5.74) is 0.831. The number of carbonyl (C=O) groups is 1. The Balaban J connectivity index is 1.46. The molecule has 4 heterocycles. The summed E-state index contributed by atoms with van der Waals surface area (Å²) in [6, 6.07) is 0. The highest BCUT2D eigenvalue weighted by Crippen LogP contribution is 2.78. The van der Waals surface area contributed by atoms with E-state index in [9.17, 15) is 4.79 Å². The lowest BCUT2D eigenvalue weighted by Gasteiger charge is -2.67. The van der Waals surface area contributed by atoms with Gasteiger partial charge in [-0.25, -0.2) is 0 Å². The molecule has 4 bridgehead atoms. The summed E-state index contributed by atoms with van der Waals surface area (Å²) in [5, 5.41) is 0. The molecule has 4 aliphatic heterocycles. The second-order valence-electron chi connectivity index (χ2n) is 12.1. The van der Waals surface area contributed by atoms with Crippen LogP contribution < -0.4 is 0 Å². The van der Waals surface area contributed by atoms with E-state index >= 15 is 0 Å². The Labute approximate surface area is 181 Å². The first-order chi connectivity index (χ1) is 14.4. The fourth-order valence-corrected chi connectivity index (χ4v) is 10.2. The van der Waals surface area contributed by atoms with Crippen LogP contribution in [0.5, 0.6) is 0 Å². The van der Waals surface area contributed by atoms with Crippen molar-refractivity contribution in [2.75, 3.05) is 40.5 Å². The molecule has 0 aromatic rings. The lowest BCUT2D eigenvalue weighted by atomic mass is 9.46. The monoisotopic (exact) mass is 417 g/mol. The van der Waals surface area contributed by atoms with E-state index in [0.717, 1.165) is 19.4 Å². The van der Waals surface area contributed by atoms with Crippen LogP contribution in [0.2, 0.25) is 0 Å². The number of ether oxygens (including phenoxy) is 3. The van der Waals surface area contributed by atoms with E-state index in [-0.39, 0.29) is 22.7 Å². The van der Waals surface area contributed by atoms with E-state index < -0.39 is 5.79 Å². The molecule has 3 saturated carbocycles. The molecule has 0 aromatic heterocycles. The molecule has 9 atom stereocenters. The number of hydrogen-bond donors (Lipinski definition) is 0. The van der Waals surface area contributed by atoms with Gasteiger partial charge in [0.05, 0.1) is 19.6 Å². The van der Waals surface area contributed by atoms with Crippen molar-refractivity contribution in [3.8, 4) is 0 Å². The molecule has 5 nitrogen and oxygen atoms in total. The van der Waals surface area contributed by atoms with Crippen LogP contribution in [0.1, 0.15) is 58.8 Å². The molecule has 0 N–H and O–H groups in total. The van der Waals surface area contributed by atoms with Crippen LogP contribution in [-0.4, -0.2) is 57.1 Å². The molecule has 0 amide bonds. The van der Waals surface area contributed by atoms with Gasteiger partial charge in [-0.2, -0.15) is 0 Å². The number of hydrogen-bond acceptors (Lipinski definition) is 5. The lowest BCUT2D eigenvalue weighted by molar-refractivity contribution is -0.323. The van der Waals surface area contributed by atoms with Crippen molar-refractivity contribution < 1.29 is 19.0 Å². The van der Waals surface area contributed by atoms with Crippen LogP contribution in [0, 0.1) is 45.8 Å². The number of fused-ring (bicyclic) bond motifs is 1. The predicted octanol–water partition coefficient (Wildman–Crippen LogP) is 3.71. The van der Waals surface area contributed by atoms with Crippen LogP contribution in [0.4, 0.5) is 0 Å². The zero-order valence-corrected chi connectivity index (χ0v) is 19.2. The van der Waals surface area contributed by atoms with Crippen LogP contribution >= 0.6 is 0 Å². The lowest BCUT2D eigenvalue weighted by Crippen LogP contribution is -2.70. The molecule has 7 aliphatic rings. The van der Waals surface area contributed by atoms with Crippen molar-refractivity contribution in [3.05, 3.63) is 0 Å². The van der Waals surface area contributed by atoms with Crippen LogP contribution in [0.3, 0.4) is 0 Å². The third kappa shape index (κ3) is 2.13. The van der Waals surface area contributed by atoms with E-state index in [0.29, 0.717) is 29.1 Å². The summed E-state index contributed by atoms with van der Waals surface area (Å²) >= 11 is 0. The zero-order chi connectivity index (χ0) is 20.9. The van der Waals surface area contributed by atoms with Gasteiger partial charge in [0.2, 0.25) is 0 Å². The van der Waals surface area contributed by atoms with Crippen LogP contribution in [-0.2, 0) is 19.0 Å². The molecule has 4 saturated heterocycles. The third-order valence-corrected chi connectivity index (χ3v) is 11.3. The summed E-state index contributed by atoms with van der Waals surface area (Å²) in [6.07, 6.45) is 8.41. The minimum absolute atomic E-state index is 0.0501. The number of rotatable bonds is 3. The van der Waals surface area contributed by atoms with Gasteiger partial charge in [-0.1, -0.05) is 13.8 Å². The van der Waals surface area contributed by atoms with Gasteiger partial charge in [0, 0.05) is 44.5 Å². The van der Waals surface area contributed by atoms with E-state index in [1.165, 1.54) is 51.7 Å². The van der Waals surface area contributed by atoms with Gasteiger partial charge in [-0.05, 0) is 67.1 Å². The molecule has 30 heavy (non-hydrogen) atoms. The summed E-state index contributed by atoms with van der Waals surface area (Å²) in [4.78, 5) is 15.7. The Morgan fingerprint density at radius 3 is 2.53 bits per heavy atom. The summed E-state index contributed by atoms with van der Waals surface area (Å²) < 4.78 is 18.1. The molecule has 5 unspecified atom stereocenters. The average molecular weight is 418 g/mol. The Bertz CT molecular complexity index is 743. The normalized spacial score (nSPS) is 55.8. The highest BCUT2D eigenvalue weighted by molar-refractivity contribution is 5.73. The number of piperidine rings is 2. The maximum Gasteiger partial charge on any atom is 0.308 e. The van der Waals surface area contributed by atoms with Crippen molar-refractivity contribution in [2.24, 2.45) is 45.8 Å². The SMILES string of the molecule is COC(=O)[C@@H]1C[C@]23CN4CC(CCC5(CCC1C52)C4)[C@@]31CC[C@](OC)(C(C)C)OC1. The first-order valence-corrected chi connectivity index (χ1v) is 12.3. The molecule has 0 aromatic carbocycles. The molecular formula is C25H39NO4. The van der Waals surface area contributed by atoms with Crippen molar-refractivity contribution in [3.63, 3.8) is 0 Å². The Morgan fingerprint density at radius 2 is 1.87 bits per heavy atom. The van der Waals surface area contributed by atoms with Crippen molar-refractivity contribution >= 4 is 5.97 Å². The van der Waals surface area contributed by atoms with Crippen LogP contribution in [0.25, 0.3) is 0 Å². The van der Waals surface area contributed by atoms with E-state index in [2.05, 4.69) is 18.7 Å². The molecule has 3 aliphatic carbocycles. The Hall–Kier alpha value is -0.650. The topological polar surface area (TPSA) is 48.0 Å². The Morgan fingerprint density at radius 1 is 1.07 bits per heavy atom. The number of methoxy groups -OCH3 is 2. The number of esters is 1. The van der Waals surface area contributed by atoms with Gasteiger partial charge in [0.1, 0.15) is 0 Å². The first kappa shape index (κ1) is 20.0. The van der Waals surface area contributed by atoms with E-state index in [1.807, 2.05) is 7.11 Å². The number of carbonyl (C=O) groups excluding carboxylic acids is 1. The van der Waals surface area contributed by atoms with Gasteiger partial charge >= 0.3 is 5.97 Å². The quantitative estimate of drug-likeness (QED) is 0.655. The molecular weight excluding hydrogens is 378 g/mol. The van der Waals surface area contributed by atoms with Gasteiger partial charge < -0.3 is 19.1 Å². The molecule has 0 radical (unpaired) electrons. The molecule has 3 spiro atoms. The van der Waals surface area contributed by atoms with Crippen molar-refractivity contribution in [1.82, 2.24) is 4.90 Å².